The molecule has 0 aliphatic rings. The van der Waals surface area contributed by atoms with Gasteiger partial charge in [0, 0.05) is 0 Å². The molecule has 0 aromatic carbocycles. The third-order valence-corrected chi connectivity index (χ3v) is 2.58. The van der Waals surface area contributed by atoms with Crippen LogP contribution < -0.4 is 5.32 Å². The van der Waals surface area contributed by atoms with E-state index < -0.39 is 8.25 Å². The molecular formula is C11H28NO3P. The molecule has 1 atom stereocenters. The Morgan fingerprint density at radius 1 is 1.12 bits per heavy atom. The van der Waals surface area contributed by atoms with Crippen molar-refractivity contribution in [2.75, 3.05) is 20.2 Å². The van der Waals surface area contributed by atoms with E-state index in [-0.39, 0.29) is 0 Å². The summed E-state index contributed by atoms with van der Waals surface area (Å²) in [5.74, 6) is 0. The summed E-state index contributed by atoms with van der Waals surface area (Å²) in [6.07, 6.45) is 8.38. The van der Waals surface area contributed by atoms with Crippen LogP contribution in [0.3, 0.4) is 0 Å². The normalized spacial score (nSPS) is 11.8. The molecule has 5 heteroatoms. The molecule has 0 bridgehead atoms. The molecule has 0 saturated carbocycles. The smallest absolute Gasteiger partial charge is 0.316 e. The van der Waals surface area contributed by atoms with E-state index in [1.807, 2.05) is 7.05 Å². The van der Waals surface area contributed by atoms with Crippen molar-refractivity contribution in [1.29, 1.82) is 0 Å². The summed E-state index contributed by atoms with van der Waals surface area (Å²) in [5, 5.41) is 3.16. The SMILES string of the molecule is CCCCCCCCNC.CCO[PH](=O)O. The second-order valence-corrected chi connectivity index (χ2v) is 4.39. The molecule has 1 unspecified atom stereocenters. The Kier molecular flexibility index (Phi) is 20.2. The molecule has 0 spiro atoms. The molecule has 0 aromatic rings. The summed E-state index contributed by atoms with van der Waals surface area (Å²) in [7, 11) is -0.616. The lowest BCUT2D eigenvalue weighted by Crippen LogP contribution is -2.06. The summed E-state index contributed by atoms with van der Waals surface area (Å²) in [6, 6.07) is 0. The van der Waals surface area contributed by atoms with Crippen LogP contribution in [0.5, 0.6) is 0 Å². The van der Waals surface area contributed by atoms with Gasteiger partial charge in [-0.3, -0.25) is 4.57 Å². The number of rotatable bonds is 9. The first-order valence-corrected chi connectivity index (χ1v) is 7.45. The summed E-state index contributed by atoms with van der Waals surface area (Å²) < 4.78 is 13.7. The predicted octanol–water partition coefficient (Wildman–Crippen LogP) is 2.97. The minimum absolute atomic E-state index is 0.314. The topological polar surface area (TPSA) is 58.6 Å². The van der Waals surface area contributed by atoms with Gasteiger partial charge in [-0.1, -0.05) is 39.0 Å². The van der Waals surface area contributed by atoms with Gasteiger partial charge in [-0.2, -0.15) is 0 Å². The molecule has 0 radical (unpaired) electrons. The van der Waals surface area contributed by atoms with E-state index in [2.05, 4.69) is 16.8 Å². The van der Waals surface area contributed by atoms with Gasteiger partial charge in [0.2, 0.25) is 0 Å². The molecule has 0 heterocycles. The van der Waals surface area contributed by atoms with Gasteiger partial charge in [0.1, 0.15) is 0 Å². The van der Waals surface area contributed by atoms with Gasteiger partial charge in [0.15, 0.2) is 0 Å². The molecule has 100 valence electrons. The summed E-state index contributed by atoms with van der Waals surface area (Å²) >= 11 is 0. The van der Waals surface area contributed by atoms with Crippen LogP contribution in [0.2, 0.25) is 0 Å². The first-order valence-electron chi connectivity index (χ1n) is 6.19. The number of hydrogen-bond donors (Lipinski definition) is 2. The van der Waals surface area contributed by atoms with Crippen LogP contribution in [-0.2, 0) is 9.09 Å². The van der Waals surface area contributed by atoms with Crippen molar-refractivity contribution in [3.05, 3.63) is 0 Å². The molecular weight excluding hydrogens is 225 g/mol. The average Bonchev–Trinajstić information content (AvgIpc) is 2.24. The predicted molar refractivity (Wildman–Crippen MR) is 70.1 cm³/mol. The van der Waals surface area contributed by atoms with E-state index in [1.54, 1.807) is 6.92 Å². The molecule has 0 fully saturated rings. The van der Waals surface area contributed by atoms with E-state index in [4.69, 9.17) is 4.89 Å². The maximum Gasteiger partial charge on any atom is 0.316 e. The molecule has 0 rings (SSSR count). The molecule has 4 nitrogen and oxygen atoms in total. The van der Waals surface area contributed by atoms with E-state index in [0.717, 1.165) is 0 Å². The Bertz CT molecular complexity index is 137. The van der Waals surface area contributed by atoms with E-state index in [9.17, 15) is 4.57 Å². The van der Waals surface area contributed by atoms with Crippen molar-refractivity contribution >= 4 is 8.25 Å². The second-order valence-electron chi connectivity index (χ2n) is 3.57. The van der Waals surface area contributed by atoms with E-state index in [0.29, 0.717) is 6.61 Å². The fourth-order valence-corrected chi connectivity index (χ4v) is 1.45. The molecule has 0 aromatic heterocycles. The van der Waals surface area contributed by atoms with Crippen LogP contribution in [-0.4, -0.2) is 25.1 Å². The van der Waals surface area contributed by atoms with Gasteiger partial charge in [0.25, 0.3) is 0 Å². The van der Waals surface area contributed by atoms with Crippen molar-refractivity contribution in [2.45, 2.75) is 52.4 Å². The van der Waals surface area contributed by atoms with E-state index in [1.165, 1.54) is 45.1 Å². The first-order chi connectivity index (χ1) is 7.68. The van der Waals surface area contributed by atoms with E-state index >= 15 is 0 Å². The fraction of sp³-hybridized carbons (Fsp3) is 1.00. The number of unbranched alkanes of at least 4 members (excludes halogenated alkanes) is 5. The molecule has 0 amide bonds. The minimum atomic E-state index is -2.64. The largest absolute Gasteiger partial charge is 0.326 e. The van der Waals surface area contributed by atoms with Crippen LogP contribution >= 0.6 is 8.25 Å². The molecule has 0 saturated heterocycles. The van der Waals surface area contributed by atoms with Crippen molar-refractivity contribution in [3.8, 4) is 0 Å². The zero-order chi connectivity index (χ0) is 12.6. The lowest BCUT2D eigenvalue weighted by atomic mass is 10.1. The van der Waals surface area contributed by atoms with Gasteiger partial charge < -0.3 is 14.7 Å². The first kappa shape index (κ1) is 18.5. The number of hydrogen-bond acceptors (Lipinski definition) is 3. The summed E-state index contributed by atoms with van der Waals surface area (Å²) in [4.78, 5) is 7.88. The Labute approximate surface area is 101 Å². The van der Waals surface area contributed by atoms with Crippen LogP contribution in [0.1, 0.15) is 52.4 Å². The quantitative estimate of drug-likeness (QED) is 0.490. The Hall–Kier alpha value is 0.110. The molecule has 0 aliphatic carbocycles. The zero-order valence-electron chi connectivity index (χ0n) is 10.9. The van der Waals surface area contributed by atoms with Gasteiger partial charge in [-0.25, -0.2) is 0 Å². The van der Waals surface area contributed by atoms with Gasteiger partial charge in [0.05, 0.1) is 6.61 Å². The number of nitrogens with one attached hydrogen (secondary N) is 1. The van der Waals surface area contributed by atoms with Crippen LogP contribution in [0.25, 0.3) is 0 Å². The maximum atomic E-state index is 9.56. The molecule has 16 heavy (non-hydrogen) atoms. The van der Waals surface area contributed by atoms with Gasteiger partial charge in [-0.15, -0.1) is 0 Å². The highest BCUT2D eigenvalue weighted by Gasteiger charge is 1.87. The third-order valence-electron chi connectivity index (χ3n) is 2.05. The maximum absolute atomic E-state index is 9.56. The highest BCUT2D eigenvalue weighted by molar-refractivity contribution is 7.32. The van der Waals surface area contributed by atoms with Gasteiger partial charge >= 0.3 is 8.25 Å². The van der Waals surface area contributed by atoms with Crippen molar-refractivity contribution < 1.29 is 14.0 Å². The summed E-state index contributed by atoms with van der Waals surface area (Å²) in [6.45, 7) is 5.42. The lowest BCUT2D eigenvalue weighted by molar-refractivity contribution is 0.297. The second kappa shape index (κ2) is 17.5. The standard InChI is InChI=1S/C9H21N.C2H7O3P/c1-3-4-5-6-7-8-9-10-2;1-2-5-6(3)4/h10H,3-9H2,1-2H3;6H,2H2,1H3,(H,3,4). The third kappa shape index (κ3) is 23.7. The van der Waals surface area contributed by atoms with Crippen molar-refractivity contribution in [1.82, 2.24) is 5.32 Å². The fourth-order valence-electron chi connectivity index (χ4n) is 1.21. The van der Waals surface area contributed by atoms with Crippen molar-refractivity contribution in [3.63, 3.8) is 0 Å². The highest BCUT2D eigenvalue weighted by atomic mass is 31.1. The van der Waals surface area contributed by atoms with Crippen LogP contribution in [0.15, 0.2) is 0 Å². The molecule has 0 aliphatic heterocycles. The highest BCUT2D eigenvalue weighted by Crippen LogP contribution is 2.12. The molecule has 2 N–H and O–H groups in total. The Balaban J connectivity index is 0. The zero-order valence-corrected chi connectivity index (χ0v) is 11.9. The monoisotopic (exact) mass is 253 g/mol. The lowest BCUT2D eigenvalue weighted by Gasteiger charge is -1.98. The summed E-state index contributed by atoms with van der Waals surface area (Å²) in [5.41, 5.74) is 0. The Morgan fingerprint density at radius 2 is 1.69 bits per heavy atom. The average molecular weight is 253 g/mol. The van der Waals surface area contributed by atoms with Gasteiger partial charge in [-0.05, 0) is 26.9 Å². The minimum Gasteiger partial charge on any atom is -0.326 e. The van der Waals surface area contributed by atoms with Crippen molar-refractivity contribution in [2.24, 2.45) is 0 Å². The Morgan fingerprint density at radius 3 is 2.06 bits per heavy atom. The van der Waals surface area contributed by atoms with Crippen LogP contribution in [0.4, 0.5) is 0 Å². The van der Waals surface area contributed by atoms with Crippen LogP contribution in [0, 0.1) is 0 Å².